The lowest BCUT2D eigenvalue weighted by molar-refractivity contribution is -0.657. The van der Waals surface area contributed by atoms with Crippen LogP contribution in [0.2, 0.25) is 0 Å². The van der Waals surface area contributed by atoms with Crippen molar-refractivity contribution in [3.8, 4) is 0 Å². The van der Waals surface area contributed by atoms with Gasteiger partial charge in [-0.05, 0) is 62.4 Å². The summed E-state index contributed by atoms with van der Waals surface area (Å²) in [4.78, 5) is 4.02. The van der Waals surface area contributed by atoms with Gasteiger partial charge in [0, 0.05) is 47.8 Å². The lowest BCUT2D eigenvalue weighted by atomic mass is 10.2. The molecule has 0 aliphatic heterocycles. The van der Waals surface area contributed by atoms with Crippen molar-refractivity contribution in [1.29, 1.82) is 0 Å². The predicted octanol–water partition coefficient (Wildman–Crippen LogP) is 4.47. The summed E-state index contributed by atoms with van der Waals surface area (Å²) in [7, 11) is 3.48. The van der Waals surface area contributed by atoms with Crippen molar-refractivity contribution in [2.75, 3.05) is 49.2 Å². The van der Waals surface area contributed by atoms with E-state index >= 15 is 0 Å². The third-order valence-electron chi connectivity index (χ3n) is 7.17. The first-order valence-electron chi connectivity index (χ1n) is 14.7. The first kappa shape index (κ1) is 33.4. The van der Waals surface area contributed by atoms with E-state index in [2.05, 4.69) is 20.5 Å². The van der Waals surface area contributed by atoms with E-state index in [9.17, 15) is 8.42 Å². The number of azo groups is 2. The van der Waals surface area contributed by atoms with Crippen LogP contribution in [0.4, 0.5) is 34.6 Å². The molecule has 0 saturated carbocycles. The summed E-state index contributed by atoms with van der Waals surface area (Å²) < 4.78 is 42.7. The maximum Gasteiger partial charge on any atom is 0.421 e. The molecule has 0 amide bonds. The standard InChI is InChI=1S/C30H42N10O4S/c1-7-39(27-13-9-25(10-14-27)31-33-29-35(3)17-18-36(29)4)21-23-43-45(41,42)44-24-22-40(8-2)28-15-11-26(12-16-28)32-34-30-37(5)19-20-38(30)6/h9-20H,7-8,21-24H2,1-6H3/q+2. The zero-order chi connectivity index (χ0) is 32.4. The van der Waals surface area contributed by atoms with Crippen molar-refractivity contribution in [3.05, 3.63) is 73.3 Å². The second kappa shape index (κ2) is 15.5. The molecule has 240 valence electrons. The minimum atomic E-state index is -4.16. The van der Waals surface area contributed by atoms with Gasteiger partial charge in [-0.15, -0.1) is 0 Å². The van der Waals surface area contributed by atoms with Gasteiger partial charge in [0.15, 0.2) is 0 Å². The van der Waals surface area contributed by atoms with E-state index in [0.29, 0.717) is 37.6 Å². The first-order valence-corrected chi connectivity index (χ1v) is 16.0. The monoisotopic (exact) mass is 638 g/mol. The van der Waals surface area contributed by atoms with Crippen LogP contribution in [0.5, 0.6) is 0 Å². The largest absolute Gasteiger partial charge is 0.421 e. The second-order valence-electron chi connectivity index (χ2n) is 10.3. The molecule has 0 aliphatic carbocycles. The Morgan fingerprint density at radius 1 is 0.667 bits per heavy atom. The average molecular weight is 639 g/mol. The maximum absolute atomic E-state index is 12.4. The van der Waals surface area contributed by atoms with Gasteiger partial charge in [-0.25, -0.2) is 26.6 Å². The molecule has 0 N–H and O–H groups in total. The number of nitrogens with zero attached hydrogens (tertiary/aromatic N) is 10. The molecule has 2 heterocycles. The molecule has 0 unspecified atom stereocenters. The minimum Gasteiger partial charge on any atom is -0.369 e. The highest BCUT2D eigenvalue weighted by Crippen LogP contribution is 2.23. The van der Waals surface area contributed by atoms with Gasteiger partial charge in [0.25, 0.3) is 0 Å². The second-order valence-corrected chi connectivity index (χ2v) is 11.6. The van der Waals surface area contributed by atoms with Crippen molar-refractivity contribution >= 4 is 45.0 Å². The lowest BCUT2D eigenvalue weighted by Crippen LogP contribution is -2.30. The van der Waals surface area contributed by atoms with Crippen LogP contribution in [0, 0.1) is 0 Å². The van der Waals surface area contributed by atoms with Crippen LogP contribution in [0.3, 0.4) is 0 Å². The molecule has 15 heteroatoms. The Morgan fingerprint density at radius 3 is 1.36 bits per heavy atom. The fourth-order valence-electron chi connectivity index (χ4n) is 4.58. The molecule has 14 nitrogen and oxygen atoms in total. The van der Waals surface area contributed by atoms with E-state index < -0.39 is 10.4 Å². The molecule has 0 spiro atoms. The third kappa shape index (κ3) is 9.26. The van der Waals surface area contributed by atoms with Gasteiger partial charge in [-0.1, -0.05) is 10.2 Å². The lowest BCUT2D eigenvalue weighted by Gasteiger charge is -2.23. The van der Waals surface area contributed by atoms with Gasteiger partial charge in [0.05, 0.1) is 66.2 Å². The highest BCUT2D eigenvalue weighted by Gasteiger charge is 2.16. The van der Waals surface area contributed by atoms with Gasteiger partial charge < -0.3 is 9.80 Å². The normalized spacial score (nSPS) is 12.0. The fourth-order valence-corrected chi connectivity index (χ4v) is 5.21. The van der Waals surface area contributed by atoms with Crippen LogP contribution in [-0.2, 0) is 47.0 Å². The molecular formula is C30H42N10O4S+2. The van der Waals surface area contributed by atoms with Crippen molar-refractivity contribution in [2.24, 2.45) is 48.6 Å². The Labute approximate surface area is 264 Å². The van der Waals surface area contributed by atoms with E-state index in [1.54, 1.807) is 0 Å². The predicted molar refractivity (Wildman–Crippen MR) is 171 cm³/mol. The summed E-state index contributed by atoms with van der Waals surface area (Å²) in [6.45, 7) is 5.96. The molecule has 45 heavy (non-hydrogen) atoms. The van der Waals surface area contributed by atoms with Crippen LogP contribution in [0.15, 0.2) is 93.8 Å². The van der Waals surface area contributed by atoms with Gasteiger partial charge in [-0.3, -0.25) is 0 Å². The SMILES string of the molecule is CCN(CCOS(=O)(=O)OCCN(CC)c1ccc(N=Nc2n(C)cc[n+]2C)cc1)c1ccc(N=Nc2n(C)cc[n+]2C)cc1. The molecule has 0 radical (unpaired) electrons. The van der Waals surface area contributed by atoms with Crippen molar-refractivity contribution < 1.29 is 25.9 Å². The Kier molecular flexibility index (Phi) is 11.5. The molecule has 0 atom stereocenters. The van der Waals surface area contributed by atoms with Gasteiger partial charge in [-0.2, -0.15) is 8.42 Å². The maximum atomic E-state index is 12.4. The van der Waals surface area contributed by atoms with E-state index in [1.807, 2.05) is 143 Å². The summed E-state index contributed by atoms with van der Waals surface area (Å²) >= 11 is 0. The molecule has 0 aliphatic rings. The number of likely N-dealkylation sites (N-methyl/N-ethyl adjacent to an activating group) is 2. The van der Waals surface area contributed by atoms with Crippen molar-refractivity contribution in [1.82, 2.24) is 9.13 Å². The van der Waals surface area contributed by atoms with E-state index in [-0.39, 0.29) is 13.2 Å². The Balaban J connectivity index is 1.22. The molecule has 0 saturated heterocycles. The van der Waals surface area contributed by atoms with Crippen molar-refractivity contribution in [2.45, 2.75) is 13.8 Å². The summed E-state index contributed by atoms with van der Waals surface area (Å²) in [5.41, 5.74) is 3.26. The average Bonchev–Trinajstić information content (AvgIpc) is 3.53. The van der Waals surface area contributed by atoms with Crippen LogP contribution in [0.25, 0.3) is 0 Å². The number of imidazole rings is 2. The van der Waals surface area contributed by atoms with Crippen LogP contribution in [-0.4, -0.2) is 56.9 Å². The van der Waals surface area contributed by atoms with Crippen LogP contribution < -0.4 is 18.9 Å². The minimum absolute atomic E-state index is 0.0457. The van der Waals surface area contributed by atoms with Crippen LogP contribution >= 0.6 is 0 Å². The molecule has 2 aromatic carbocycles. The number of anilines is 2. The van der Waals surface area contributed by atoms with E-state index in [1.165, 1.54) is 0 Å². The van der Waals surface area contributed by atoms with Gasteiger partial charge >= 0.3 is 22.3 Å². The smallest absolute Gasteiger partial charge is 0.369 e. The number of rotatable bonds is 16. The summed E-state index contributed by atoms with van der Waals surface area (Å²) in [6.07, 6.45) is 7.64. The Bertz CT molecular complexity index is 1540. The first-order chi connectivity index (χ1) is 21.6. The molecule has 0 bridgehead atoms. The number of hydrogen-bond donors (Lipinski definition) is 0. The number of benzene rings is 2. The highest BCUT2D eigenvalue weighted by atomic mass is 32.3. The van der Waals surface area contributed by atoms with E-state index in [0.717, 1.165) is 23.3 Å². The zero-order valence-electron chi connectivity index (χ0n) is 26.7. The third-order valence-corrected chi connectivity index (χ3v) is 8.08. The molecular weight excluding hydrogens is 596 g/mol. The summed E-state index contributed by atoms with van der Waals surface area (Å²) in [6, 6.07) is 15.2. The molecule has 2 aromatic heterocycles. The summed E-state index contributed by atoms with van der Waals surface area (Å²) in [5, 5.41) is 17.3. The van der Waals surface area contributed by atoms with Crippen molar-refractivity contribution in [3.63, 3.8) is 0 Å². The van der Waals surface area contributed by atoms with E-state index in [4.69, 9.17) is 8.37 Å². The highest BCUT2D eigenvalue weighted by molar-refractivity contribution is 7.81. The van der Waals surface area contributed by atoms with Gasteiger partial charge in [0.1, 0.15) is 11.4 Å². The topological polar surface area (TPSA) is 126 Å². The zero-order valence-corrected chi connectivity index (χ0v) is 27.5. The number of aryl methyl sites for hydroxylation is 4. The number of hydrogen-bond acceptors (Lipinski definition) is 10. The quantitative estimate of drug-likeness (QED) is 0.132. The molecule has 4 aromatic rings. The van der Waals surface area contributed by atoms with Crippen LogP contribution in [0.1, 0.15) is 13.8 Å². The Morgan fingerprint density at radius 2 is 1.04 bits per heavy atom. The summed E-state index contributed by atoms with van der Waals surface area (Å²) in [5.74, 6) is 1.45. The number of aromatic nitrogens is 4. The Hall–Kier alpha value is -4.47. The molecule has 4 rings (SSSR count). The van der Waals surface area contributed by atoms with Gasteiger partial charge in [0.2, 0.25) is 0 Å². The fraction of sp³-hybridized carbons (Fsp3) is 0.400. The molecule has 0 fully saturated rings.